The zero-order valence-corrected chi connectivity index (χ0v) is 15.2. The van der Waals surface area contributed by atoms with Gasteiger partial charge in [-0.05, 0) is 37.3 Å². The highest BCUT2D eigenvalue weighted by atomic mass is 16.5. The van der Waals surface area contributed by atoms with Crippen LogP contribution >= 0.6 is 0 Å². The van der Waals surface area contributed by atoms with Gasteiger partial charge >= 0.3 is 0 Å². The number of anilines is 1. The van der Waals surface area contributed by atoms with Gasteiger partial charge < -0.3 is 14.5 Å². The van der Waals surface area contributed by atoms with Crippen LogP contribution in [0.5, 0.6) is 0 Å². The standard InChI is InChI=1S/C20H27N3O2/c1-18-14-25-20(13-15(18)6-7-19(18,20)2)17(24)23-11-9-22(10-12-23)16-5-3-4-8-21-16/h3-5,8,15H,6-7,9-14H2,1-2H3/t15-,18+,19-,20-/m1/s1. The number of piperazine rings is 1. The van der Waals surface area contributed by atoms with Gasteiger partial charge in [0.2, 0.25) is 0 Å². The maximum atomic E-state index is 13.5. The Bertz CT molecular complexity index is 702. The van der Waals surface area contributed by atoms with E-state index < -0.39 is 5.60 Å². The topological polar surface area (TPSA) is 45.7 Å². The molecule has 3 heterocycles. The molecule has 4 aliphatic rings. The normalized spacial score (nSPS) is 42.2. The summed E-state index contributed by atoms with van der Waals surface area (Å²) >= 11 is 0. The minimum absolute atomic E-state index is 0.0138. The molecule has 4 atom stereocenters. The lowest BCUT2D eigenvalue weighted by Crippen LogP contribution is -2.60. The first kappa shape index (κ1) is 15.6. The molecule has 0 N–H and O–H groups in total. The number of carbonyl (C=O) groups excluding carboxylic acids is 1. The molecule has 2 saturated heterocycles. The molecule has 5 nitrogen and oxygen atoms in total. The minimum Gasteiger partial charge on any atom is -0.364 e. The summed E-state index contributed by atoms with van der Waals surface area (Å²) in [5.41, 5.74) is -0.351. The molecular formula is C20H27N3O2. The van der Waals surface area contributed by atoms with Gasteiger partial charge in [0.05, 0.1) is 6.61 Å². The monoisotopic (exact) mass is 341 g/mol. The van der Waals surface area contributed by atoms with Gasteiger partial charge in [0, 0.05) is 43.2 Å². The third-order valence-corrected chi connectivity index (χ3v) is 8.08. The molecule has 1 aromatic heterocycles. The SMILES string of the molecule is C[C@]12CC[C@@H]3C[C@]1(C(=O)N1CCN(c4ccccn4)CC1)OC[C@@]32C. The first-order valence-corrected chi connectivity index (χ1v) is 9.60. The number of ether oxygens (including phenoxy) is 1. The molecule has 0 aromatic carbocycles. The maximum absolute atomic E-state index is 13.5. The van der Waals surface area contributed by atoms with Crippen LogP contribution in [-0.2, 0) is 9.53 Å². The van der Waals surface area contributed by atoms with Crippen molar-refractivity contribution in [3.63, 3.8) is 0 Å². The summed E-state index contributed by atoms with van der Waals surface area (Å²) < 4.78 is 6.29. The van der Waals surface area contributed by atoms with Crippen molar-refractivity contribution in [2.24, 2.45) is 16.7 Å². The van der Waals surface area contributed by atoms with E-state index >= 15 is 0 Å². The molecule has 0 radical (unpaired) electrons. The minimum atomic E-state index is -0.558. The number of carbonyl (C=O) groups is 1. The van der Waals surface area contributed by atoms with Crippen molar-refractivity contribution in [1.82, 2.24) is 9.88 Å². The molecule has 2 aliphatic heterocycles. The molecule has 1 aromatic rings. The van der Waals surface area contributed by atoms with Gasteiger partial charge in [-0.25, -0.2) is 4.98 Å². The van der Waals surface area contributed by atoms with Crippen molar-refractivity contribution >= 4 is 11.7 Å². The summed E-state index contributed by atoms with van der Waals surface area (Å²) in [6.45, 7) is 8.64. The summed E-state index contributed by atoms with van der Waals surface area (Å²) in [7, 11) is 0. The highest BCUT2D eigenvalue weighted by molar-refractivity contribution is 5.88. The lowest BCUT2D eigenvalue weighted by Gasteiger charge is -2.45. The lowest BCUT2D eigenvalue weighted by molar-refractivity contribution is -0.167. The van der Waals surface area contributed by atoms with Crippen molar-refractivity contribution in [2.75, 3.05) is 37.7 Å². The Balaban J connectivity index is 1.34. The quantitative estimate of drug-likeness (QED) is 0.828. The van der Waals surface area contributed by atoms with Gasteiger partial charge in [0.15, 0.2) is 5.60 Å². The molecular weight excluding hydrogens is 314 g/mol. The smallest absolute Gasteiger partial charge is 0.255 e. The molecule has 0 unspecified atom stereocenters. The number of nitrogens with zero attached hydrogens (tertiary/aromatic N) is 3. The molecule has 134 valence electrons. The second-order valence-corrected chi connectivity index (χ2v) is 8.77. The molecule has 2 aliphatic carbocycles. The Kier molecular flexibility index (Phi) is 3.10. The zero-order chi connectivity index (χ0) is 17.3. The average molecular weight is 341 g/mol. The number of hydrogen-bond acceptors (Lipinski definition) is 4. The van der Waals surface area contributed by atoms with E-state index in [1.165, 1.54) is 6.42 Å². The summed E-state index contributed by atoms with van der Waals surface area (Å²) in [6.07, 6.45) is 5.15. The summed E-state index contributed by atoms with van der Waals surface area (Å²) in [6, 6.07) is 5.99. The van der Waals surface area contributed by atoms with Crippen LogP contribution in [0.25, 0.3) is 0 Å². The Morgan fingerprint density at radius 1 is 1.24 bits per heavy atom. The van der Waals surface area contributed by atoms with E-state index in [1.54, 1.807) is 0 Å². The Morgan fingerprint density at radius 2 is 2.04 bits per heavy atom. The Labute approximate surface area is 149 Å². The van der Waals surface area contributed by atoms with Gasteiger partial charge in [-0.15, -0.1) is 0 Å². The summed E-state index contributed by atoms with van der Waals surface area (Å²) in [4.78, 5) is 22.3. The second-order valence-electron chi connectivity index (χ2n) is 8.77. The molecule has 5 rings (SSSR count). The van der Waals surface area contributed by atoms with Crippen molar-refractivity contribution < 1.29 is 9.53 Å². The highest BCUT2D eigenvalue weighted by Gasteiger charge is 2.78. The third-order valence-electron chi connectivity index (χ3n) is 8.08. The lowest BCUT2D eigenvalue weighted by atomic mass is 9.66. The van der Waals surface area contributed by atoms with Crippen LogP contribution in [-0.4, -0.2) is 54.2 Å². The molecule has 2 saturated carbocycles. The second kappa shape index (κ2) is 4.97. The zero-order valence-electron chi connectivity index (χ0n) is 15.2. The molecule has 1 amide bonds. The molecule has 4 bridgehead atoms. The van der Waals surface area contributed by atoms with E-state index in [1.807, 2.05) is 24.4 Å². The van der Waals surface area contributed by atoms with E-state index in [2.05, 4.69) is 28.6 Å². The number of aromatic nitrogens is 1. The third kappa shape index (κ3) is 1.77. The molecule has 25 heavy (non-hydrogen) atoms. The molecule has 4 fully saturated rings. The van der Waals surface area contributed by atoms with Gasteiger partial charge in [-0.2, -0.15) is 0 Å². The van der Waals surface area contributed by atoms with E-state index in [0.717, 1.165) is 51.4 Å². The van der Waals surface area contributed by atoms with E-state index in [-0.39, 0.29) is 16.7 Å². The van der Waals surface area contributed by atoms with Crippen LogP contribution in [0.1, 0.15) is 33.1 Å². The van der Waals surface area contributed by atoms with E-state index in [9.17, 15) is 4.79 Å². The highest BCUT2D eigenvalue weighted by Crippen LogP contribution is 2.75. The Morgan fingerprint density at radius 3 is 2.68 bits per heavy atom. The van der Waals surface area contributed by atoms with Crippen LogP contribution in [0.15, 0.2) is 24.4 Å². The average Bonchev–Trinajstić information content (AvgIpc) is 3.13. The predicted molar refractivity (Wildman–Crippen MR) is 95.3 cm³/mol. The fraction of sp³-hybridized carbons (Fsp3) is 0.700. The first-order chi connectivity index (χ1) is 12.0. The van der Waals surface area contributed by atoms with Crippen LogP contribution in [0.4, 0.5) is 5.82 Å². The largest absolute Gasteiger partial charge is 0.364 e. The van der Waals surface area contributed by atoms with Crippen molar-refractivity contribution in [1.29, 1.82) is 0 Å². The predicted octanol–water partition coefficient (Wildman–Crippen LogP) is 2.33. The summed E-state index contributed by atoms with van der Waals surface area (Å²) in [5, 5.41) is 0. The maximum Gasteiger partial charge on any atom is 0.255 e. The van der Waals surface area contributed by atoms with E-state index in [0.29, 0.717) is 5.92 Å². The molecule has 5 heteroatoms. The summed E-state index contributed by atoms with van der Waals surface area (Å²) in [5.74, 6) is 1.91. The van der Waals surface area contributed by atoms with Gasteiger partial charge in [-0.1, -0.05) is 19.9 Å². The van der Waals surface area contributed by atoms with Crippen molar-refractivity contribution in [3.8, 4) is 0 Å². The van der Waals surface area contributed by atoms with Crippen LogP contribution in [0, 0.1) is 16.7 Å². The van der Waals surface area contributed by atoms with Crippen LogP contribution in [0.2, 0.25) is 0 Å². The number of amides is 1. The number of rotatable bonds is 2. The Hall–Kier alpha value is -1.62. The van der Waals surface area contributed by atoms with Crippen LogP contribution in [0.3, 0.4) is 0 Å². The number of hydrogen-bond donors (Lipinski definition) is 0. The molecule has 0 spiro atoms. The van der Waals surface area contributed by atoms with Crippen LogP contribution < -0.4 is 4.90 Å². The van der Waals surface area contributed by atoms with Gasteiger partial charge in [-0.3, -0.25) is 4.79 Å². The van der Waals surface area contributed by atoms with Gasteiger partial charge in [0.1, 0.15) is 5.82 Å². The fourth-order valence-corrected chi connectivity index (χ4v) is 6.17. The number of pyridine rings is 1. The van der Waals surface area contributed by atoms with Crippen molar-refractivity contribution in [3.05, 3.63) is 24.4 Å². The van der Waals surface area contributed by atoms with E-state index in [4.69, 9.17) is 4.74 Å². The van der Waals surface area contributed by atoms with Crippen molar-refractivity contribution in [2.45, 2.75) is 38.7 Å². The fourth-order valence-electron chi connectivity index (χ4n) is 6.17. The first-order valence-electron chi connectivity index (χ1n) is 9.60. The van der Waals surface area contributed by atoms with Gasteiger partial charge in [0.25, 0.3) is 5.91 Å².